The van der Waals surface area contributed by atoms with Gasteiger partial charge in [-0.1, -0.05) is 12.1 Å². The Bertz CT molecular complexity index is 476. The Morgan fingerprint density at radius 3 is 2.44 bits per heavy atom. The summed E-state index contributed by atoms with van der Waals surface area (Å²) in [5.41, 5.74) is 6.41. The standard InChI is InChI=1S/C13H14N2O3/c14-13(17)10-4-1-9(2-5-10)3-6-12(16)15-11-7-18-8-11/h1-6,11H,7-8H2,(H2,14,17)(H,15,16). The molecule has 0 aliphatic carbocycles. The number of hydrogen-bond acceptors (Lipinski definition) is 3. The number of nitrogens with one attached hydrogen (secondary N) is 1. The van der Waals surface area contributed by atoms with Crippen molar-refractivity contribution >= 4 is 17.9 Å². The number of amides is 2. The third-order valence-electron chi connectivity index (χ3n) is 2.61. The van der Waals surface area contributed by atoms with E-state index in [9.17, 15) is 9.59 Å². The van der Waals surface area contributed by atoms with E-state index in [-0.39, 0.29) is 11.9 Å². The van der Waals surface area contributed by atoms with E-state index in [2.05, 4.69) is 5.32 Å². The van der Waals surface area contributed by atoms with E-state index in [1.54, 1.807) is 30.3 Å². The SMILES string of the molecule is NC(=O)c1ccc(C=CC(=O)NC2COC2)cc1. The lowest BCUT2D eigenvalue weighted by molar-refractivity contribution is -0.120. The molecule has 2 rings (SSSR count). The first kappa shape index (κ1) is 12.3. The molecular weight excluding hydrogens is 232 g/mol. The first-order valence-corrected chi connectivity index (χ1v) is 5.61. The zero-order valence-electron chi connectivity index (χ0n) is 9.76. The van der Waals surface area contributed by atoms with Gasteiger partial charge in [0.2, 0.25) is 11.8 Å². The first-order valence-electron chi connectivity index (χ1n) is 5.61. The Morgan fingerprint density at radius 1 is 1.28 bits per heavy atom. The average molecular weight is 246 g/mol. The van der Waals surface area contributed by atoms with Crippen molar-refractivity contribution in [2.75, 3.05) is 13.2 Å². The lowest BCUT2D eigenvalue weighted by atomic mass is 10.1. The summed E-state index contributed by atoms with van der Waals surface area (Å²) in [5.74, 6) is -0.615. The van der Waals surface area contributed by atoms with Gasteiger partial charge in [-0.25, -0.2) is 0 Å². The first-order chi connectivity index (χ1) is 8.65. The van der Waals surface area contributed by atoms with Crippen molar-refractivity contribution in [3.05, 3.63) is 41.5 Å². The molecule has 0 radical (unpaired) electrons. The summed E-state index contributed by atoms with van der Waals surface area (Å²) in [6.07, 6.45) is 3.14. The van der Waals surface area contributed by atoms with Crippen LogP contribution in [0.1, 0.15) is 15.9 Å². The zero-order valence-corrected chi connectivity index (χ0v) is 9.76. The molecule has 1 aromatic rings. The predicted molar refractivity (Wildman–Crippen MR) is 66.7 cm³/mol. The van der Waals surface area contributed by atoms with E-state index in [0.29, 0.717) is 18.8 Å². The molecule has 5 nitrogen and oxygen atoms in total. The summed E-state index contributed by atoms with van der Waals surface area (Å²) in [7, 11) is 0. The van der Waals surface area contributed by atoms with Gasteiger partial charge in [0.25, 0.3) is 0 Å². The Kier molecular flexibility index (Phi) is 3.74. The molecule has 1 saturated heterocycles. The lowest BCUT2D eigenvalue weighted by Crippen LogP contribution is -2.48. The number of ether oxygens (including phenoxy) is 1. The smallest absolute Gasteiger partial charge is 0.248 e. The van der Waals surface area contributed by atoms with E-state index in [1.807, 2.05) is 0 Å². The summed E-state index contributed by atoms with van der Waals surface area (Å²) >= 11 is 0. The molecule has 18 heavy (non-hydrogen) atoms. The topological polar surface area (TPSA) is 81.4 Å². The minimum Gasteiger partial charge on any atom is -0.377 e. The monoisotopic (exact) mass is 246 g/mol. The number of benzene rings is 1. The minimum atomic E-state index is -0.465. The van der Waals surface area contributed by atoms with Crippen LogP contribution in [0.25, 0.3) is 6.08 Å². The van der Waals surface area contributed by atoms with Gasteiger partial charge in [-0.05, 0) is 23.8 Å². The Morgan fingerprint density at radius 2 is 1.94 bits per heavy atom. The highest BCUT2D eigenvalue weighted by Crippen LogP contribution is 2.06. The van der Waals surface area contributed by atoms with Gasteiger partial charge >= 0.3 is 0 Å². The third kappa shape index (κ3) is 3.18. The van der Waals surface area contributed by atoms with Crippen LogP contribution in [0.15, 0.2) is 30.3 Å². The van der Waals surface area contributed by atoms with E-state index in [4.69, 9.17) is 10.5 Å². The lowest BCUT2D eigenvalue weighted by Gasteiger charge is -2.26. The van der Waals surface area contributed by atoms with Crippen molar-refractivity contribution in [2.45, 2.75) is 6.04 Å². The molecule has 2 amide bonds. The molecule has 0 bridgehead atoms. The van der Waals surface area contributed by atoms with Crippen LogP contribution in [-0.4, -0.2) is 31.1 Å². The number of primary amides is 1. The molecule has 1 fully saturated rings. The van der Waals surface area contributed by atoms with E-state index in [1.165, 1.54) is 6.08 Å². The minimum absolute atomic E-state index is 0.124. The number of carbonyl (C=O) groups excluding carboxylic acids is 2. The van der Waals surface area contributed by atoms with Gasteiger partial charge in [-0.15, -0.1) is 0 Å². The summed E-state index contributed by atoms with van der Waals surface area (Å²) in [4.78, 5) is 22.3. The third-order valence-corrected chi connectivity index (χ3v) is 2.61. The van der Waals surface area contributed by atoms with Crippen molar-refractivity contribution in [3.63, 3.8) is 0 Å². The molecule has 1 aliphatic rings. The Hall–Kier alpha value is -2.14. The van der Waals surface area contributed by atoms with Crippen molar-refractivity contribution < 1.29 is 14.3 Å². The van der Waals surface area contributed by atoms with Crippen LogP contribution in [0.3, 0.4) is 0 Å². The summed E-state index contributed by atoms with van der Waals surface area (Å²) in [6, 6.07) is 6.84. The highest BCUT2D eigenvalue weighted by atomic mass is 16.5. The van der Waals surface area contributed by atoms with Crippen LogP contribution in [-0.2, 0) is 9.53 Å². The maximum absolute atomic E-state index is 11.5. The van der Waals surface area contributed by atoms with Crippen LogP contribution in [0.5, 0.6) is 0 Å². The van der Waals surface area contributed by atoms with Gasteiger partial charge in [0.15, 0.2) is 0 Å². The summed E-state index contributed by atoms with van der Waals surface area (Å²) in [6.45, 7) is 1.15. The van der Waals surface area contributed by atoms with Crippen molar-refractivity contribution in [3.8, 4) is 0 Å². The Labute approximate surface area is 105 Å². The summed E-state index contributed by atoms with van der Waals surface area (Å²) < 4.78 is 4.95. The molecule has 1 aromatic carbocycles. The van der Waals surface area contributed by atoms with Crippen LogP contribution in [0.2, 0.25) is 0 Å². The molecule has 0 spiro atoms. The predicted octanol–water partition coefficient (Wildman–Crippen LogP) is 0.314. The fraction of sp³-hybridized carbons (Fsp3) is 0.231. The number of rotatable bonds is 4. The second-order valence-corrected chi connectivity index (χ2v) is 4.06. The molecule has 0 saturated carbocycles. The van der Waals surface area contributed by atoms with Crippen LogP contribution in [0.4, 0.5) is 0 Å². The Balaban J connectivity index is 1.91. The average Bonchev–Trinajstić information content (AvgIpc) is 2.32. The zero-order chi connectivity index (χ0) is 13.0. The maximum Gasteiger partial charge on any atom is 0.248 e. The van der Waals surface area contributed by atoms with Crippen molar-refractivity contribution in [2.24, 2.45) is 5.73 Å². The highest BCUT2D eigenvalue weighted by molar-refractivity contribution is 5.94. The van der Waals surface area contributed by atoms with E-state index in [0.717, 1.165) is 5.56 Å². The van der Waals surface area contributed by atoms with Gasteiger partial charge in [-0.3, -0.25) is 9.59 Å². The van der Waals surface area contributed by atoms with Gasteiger partial charge in [-0.2, -0.15) is 0 Å². The fourth-order valence-electron chi connectivity index (χ4n) is 1.50. The molecule has 1 heterocycles. The molecular formula is C13H14N2O3. The summed E-state index contributed by atoms with van der Waals surface area (Å²) in [5, 5.41) is 2.79. The quantitative estimate of drug-likeness (QED) is 0.750. The van der Waals surface area contributed by atoms with Gasteiger partial charge in [0, 0.05) is 11.6 Å². The normalized spacial score (nSPS) is 15.3. The van der Waals surface area contributed by atoms with Gasteiger partial charge in [0.05, 0.1) is 19.3 Å². The molecule has 94 valence electrons. The number of nitrogens with two attached hydrogens (primary N) is 1. The fourth-order valence-corrected chi connectivity index (χ4v) is 1.50. The molecule has 0 aromatic heterocycles. The van der Waals surface area contributed by atoms with E-state index < -0.39 is 5.91 Å². The maximum atomic E-state index is 11.5. The van der Waals surface area contributed by atoms with Gasteiger partial charge < -0.3 is 15.8 Å². The van der Waals surface area contributed by atoms with Crippen LogP contribution in [0, 0.1) is 0 Å². The number of carbonyl (C=O) groups is 2. The second-order valence-electron chi connectivity index (χ2n) is 4.06. The van der Waals surface area contributed by atoms with Crippen molar-refractivity contribution in [1.82, 2.24) is 5.32 Å². The highest BCUT2D eigenvalue weighted by Gasteiger charge is 2.18. The second kappa shape index (κ2) is 5.46. The van der Waals surface area contributed by atoms with Crippen LogP contribution >= 0.6 is 0 Å². The van der Waals surface area contributed by atoms with Crippen LogP contribution < -0.4 is 11.1 Å². The molecule has 1 aliphatic heterocycles. The molecule has 0 atom stereocenters. The van der Waals surface area contributed by atoms with E-state index >= 15 is 0 Å². The molecule has 3 N–H and O–H groups in total. The molecule has 5 heteroatoms. The molecule has 0 unspecified atom stereocenters. The van der Waals surface area contributed by atoms with Crippen molar-refractivity contribution in [1.29, 1.82) is 0 Å². The van der Waals surface area contributed by atoms with Gasteiger partial charge in [0.1, 0.15) is 0 Å². The number of hydrogen-bond donors (Lipinski definition) is 2. The largest absolute Gasteiger partial charge is 0.377 e.